The summed E-state index contributed by atoms with van der Waals surface area (Å²) in [7, 11) is 0. The Kier molecular flexibility index (Phi) is 6.56. The fourth-order valence-electron chi connectivity index (χ4n) is 4.25. The second kappa shape index (κ2) is 9.52. The van der Waals surface area contributed by atoms with E-state index in [2.05, 4.69) is 0 Å². The SMILES string of the molecule is O=C(OCC(=O)N1CCCc2ccccc21)C1CCCN(C(=O)c2ccc(Cl)cc2)C1. The Hall–Kier alpha value is -2.86. The number of halogens is 1. The van der Waals surface area contributed by atoms with Gasteiger partial charge in [0.25, 0.3) is 11.8 Å². The lowest BCUT2D eigenvalue weighted by atomic mass is 9.97. The Labute approximate surface area is 186 Å². The highest BCUT2D eigenvalue weighted by Crippen LogP contribution is 2.27. The van der Waals surface area contributed by atoms with Crippen LogP contribution in [-0.2, 0) is 20.7 Å². The Bertz CT molecular complexity index is 976. The highest BCUT2D eigenvalue weighted by Gasteiger charge is 2.31. The van der Waals surface area contributed by atoms with E-state index in [1.165, 1.54) is 0 Å². The first-order chi connectivity index (χ1) is 15.0. The van der Waals surface area contributed by atoms with Crippen molar-refractivity contribution in [3.8, 4) is 0 Å². The van der Waals surface area contributed by atoms with Gasteiger partial charge in [0.2, 0.25) is 0 Å². The fourth-order valence-corrected chi connectivity index (χ4v) is 4.38. The molecular weight excluding hydrogens is 416 g/mol. The molecule has 0 aromatic heterocycles. The maximum Gasteiger partial charge on any atom is 0.311 e. The topological polar surface area (TPSA) is 66.9 Å². The predicted octanol–water partition coefficient (Wildman–Crippen LogP) is 3.71. The summed E-state index contributed by atoms with van der Waals surface area (Å²) in [5, 5.41) is 0.567. The molecule has 0 saturated carbocycles. The molecule has 7 heteroatoms. The monoisotopic (exact) mass is 440 g/mol. The van der Waals surface area contributed by atoms with Crippen molar-refractivity contribution in [3.63, 3.8) is 0 Å². The first kappa shape index (κ1) is 21.4. The molecule has 0 radical (unpaired) electrons. The summed E-state index contributed by atoms with van der Waals surface area (Å²) in [4.78, 5) is 41.4. The van der Waals surface area contributed by atoms with Crippen LogP contribution in [0.2, 0.25) is 5.02 Å². The standard InChI is InChI=1S/C24H25ClN2O4/c25-20-11-9-18(10-12-20)23(29)26-13-3-7-19(15-26)24(30)31-16-22(28)27-14-4-6-17-5-1-2-8-21(17)27/h1-2,5,8-12,19H,3-4,6-7,13-16H2. The minimum Gasteiger partial charge on any atom is -0.455 e. The molecule has 2 aromatic carbocycles. The number of ether oxygens (including phenoxy) is 1. The third-order valence-electron chi connectivity index (χ3n) is 5.88. The number of amides is 2. The number of hydrogen-bond donors (Lipinski definition) is 0. The summed E-state index contributed by atoms with van der Waals surface area (Å²) in [6.07, 6.45) is 3.19. The predicted molar refractivity (Wildman–Crippen MR) is 118 cm³/mol. The zero-order valence-electron chi connectivity index (χ0n) is 17.3. The maximum absolute atomic E-state index is 12.7. The van der Waals surface area contributed by atoms with Gasteiger partial charge in [0.15, 0.2) is 6.61 Å². The van der Waals surface area contributed by atoms with Gasteiger partial charge in [0, 0.05) is 35.9 Å². The van der Waals surface area contributed by atoms with Gasteiger partial charge in [-0.05, 0) is 61.6 Å². The van der Waals surface area contributed by atoms with Gasteiger partial charge in [-0.15, -0.1) is 0 Å². The third kappa shape index (κ3) is 4.90. The Morgan fingerprint density at radius 3 is 2.58 bits per heavy atom. The molecule has 2 amide bonds. The lowest BCUT2D eigenvalue weighted by Gasteiger charge is -2.32. The normalized spacial score (nSPS) is 18.3. The molecule has 0 aliphatic carbocycles. The Morgan fingerprint density at radius 1 is 1.00 bits per heavy atom. The van der Waals surface area contributed by atoms with Crippen molar-refractivity contribution in [2.24, 2.45) is 5.92 Å². The van der Waals surface area contributed by atoms with Crippen LogP contribution in [0.1, 0.15) is 35.2 Å². The summed E-state index contributed by atoms with van der Waals surface area (Å²) in [5.74, 6) is -1.20. The molecule has 2 heterocycles. The van der Waals surface area contributed by atoms with Gasteiger partial charge in [0.1, 0.15) is 0 Å². The highest BCUT2D eigenvalue weighted by atomic mass is 35.5. The van der Waals surface area contributed by atoms with Gasteiger partial charge in [-0.2, -0.15) is 0 Å². The minimum absolute atomic E-state index is 0.129. The molecule has 1 fully saturated rings. The van der Waals surface area contributed by atoms with Crippen LogP contribution >= 0.6 is 11.6 Å². The number of esters is 1. The largest absolute Gasteiger partial charge is 0.455 e. The molecule has 0 N–H and O–H groups in total. The average molecular weight is 441 g/mol. The number of aryl methyl sites for hydroxylation is 1. The van der Waals surface area contributed by atoms with Gasteiger partial charge >= 0.3 is 5.97 Å². The van der Waals surface area contributed by atoms with E-state index in [4.69, 9.17) is 16.3 Å². The molecular formula is C24H25ClN2O4. The van der Waals surface area contributed by atoms with E-state index in [9.17, 15) is 14.4 Å². The van der Waals surface area contributed by atoms with Crippen molar-refractivity contribution in [1.82, 2.24) is 4.90 Å². The van der Waals surface area contributed by atoms with E-state index < -0.39 is 11.9 Å². The number of rotatable bonds is 4. The van der Waals surface area contributed by atoms with E-state index in [0.29, 0.717) is 43.1 Å². The second-order valence-electron chi connectivity index (χ2n) is 7.98. The number of hydrogen-bond acceptors (Lipinski definition) is 4. The number of piperidine rings is 1. The molecule has 0 spiro atoms. The average Bonchev–Trinajstić information content (AvgIpc) is 2.82. The summed E-state index contributed by atoms with van der Waals surface area (Å²) < 4.78 is 5.38. The second-order valence-corrected chi connectivity index (χ2v) is 8.42. The first-order valence-corrected chi connectivity index (χ1v) is 11.0. The molecule has 162 valence electrons. The van der Waals surface area contributed by atoms with E-state index in [0.717, 1.165) is 24.1 Å². The van der Waals surface area contributed by atoms with Crippen molar-refractivity contribution in [2.45, 2.75) is 25.7 Å². The van der Waals surface area contributed by atoms with Crippen molar-refractivity contribution < 1.29 is 19.1 Å². The molecule has 0 bridgehead atoms. The number of carbonyl (C=O) groups is 3. The first-order valence-electron chi connectivity index (χ1n) is 10.6. The van der Waals surface area contributed by atoms with Crippen LogP contribution in [0.5, 0.6) is 0 Å². The molecule has 1 saturated heterocycles. The summed E-state index contributed by atoms with van der Waals surface area (Å²) in [6, 6.07) is 14.5. The van der Waals surface area contributed by atoms with Gasteiger partial charge in [0.05, 0.1) is 5.92 Å². The summed E-state index contributed by atoms with van der Waals surface area (Å²) in [6.45, 7) is 1.23. The van der Waals surface area contributed by atoms with Crippen molar-refractivity contribution >= 4 is 35.1 Å². The van der Waals surface area contributed by atoms with Crippen LogP contribution in [0.3, 0.4) is 0 Å². The number of para-hydroxylation sites is 1. The van der Waals surface area contributed by atoms with Gasteiger partial charge in [-0.1, -0.05) is 29.8 Å². The molecule has 1 atom stereocenters. The number of nitrogens with zero attached hydrogens (tertiary/aromatic N) is 2. The molecule has 2 aliphatic rings. The molecule has 4 rings (SSSR count). The fraction of sp³-hybridized carbons (Fsp3) is 0.375. The number of anilines is 1. The van der Waals surface area contributed by atoms with Crippen molar-refractivity contribution in [2.75, 3.05) is 31.1 Å². The van der Waals surface area contributed by atoms with Gasteiger partial charge < -0.3 is 14.5 Å². The van der Waals surface area contributed by atoms with Crippen LogP contribution in [0.4, 0.5) is 5.69 Å². The molecule has 2 aromatic rings. The third-order valence-corrected chi connectivity index (χ3v) is 6.13. The molecule has 2 aliphatic heterocycles. The smallest absolute Gasteiger partial charge is 0.311 e. The number of likely N-dealkylation sites (tertiary alicyclic amines) is 1. The lowest BCUT2D eigenvalue weighted by Crippen LogP contribution is -2.44. The lowest BCUT2D eigenvalue weighted by molar-refractivity contribution is -0.153. The number of benzene rings is 2. The van der Waals surface area contributed by atoms with Crippen LogP contribution < -0.4 is 4.90 Å². The van der Waals surface area contributed by atoms with E-state index in [-0.39, 0.29) is 18.4 Å². The Balaban J connectivity index is 1.33. The molecule has 1 unspecified atom stereocenters. The van der Waals surface area contributed by atoms with E-state index in [1.54, 1.807) is 34.1 Å². The summed E-state index contributed by atoms with van der Waals surface area (Å²) in [5.41, 5.74) is 2.57. The van der Waals surface area contributed by atoms with Gasteiger partial charge in [-0.25, -0.2) is 0 Å². The van der Waals surface area contributed by atoms with Crippen molar-refractivity contribution in [1.29, 1.82) is 0 Å². The van der Waals surface area contributed by atoms with E-state index in [1.807, 2.05) is 24.3 Å². The summed E-state index contributed by atoms with van der Waals surface area (Å²) >= 11 is 5.89. The zero-order chi connectivity index (χ0) is 21.8. The highest BCUT2D eigenvalue weighted by molar-refractivity contribution is 6.30. The van der Waals surface area contributed by atoms with Crippen molar-refractivity contribution in [3.05, 3.63) is 64.7 Å². The van der Waals surface area contributed by atoms with Crippen LogP contribution in [0.15, 0.2) is 48.5 Å². The molecule has 6 nitrogen and oxygen atoms in total. The molecule has 31 heavy (non-hydrogen) atoms. The van der Waals surface area contributed by atoms with Crippen LogP contribution in [-0.4, -0.2) is 48.9 Å². The van der Waals surface area contributed by atoms with Crippen LogP contribution in [0.25, 0.3) is 0 Å². The number of fused-ring (bicyclic) bond motifs is 1. The van der Waals surface area contributed by atoms with Crippen LogP contribution in [0, 0.1) is 5.92 Å². The van der Waals surface area contributed by atoms with Gasteiger partial charge in [-0.3, -0.25) is 14.4 Å². The number of carbonyl (C=O) groups excluding carboxylic acids is 3. The van der Waals surface area contributed by atoms with E-state index >= 15 is 0 Å². The quantitative estimate of drug-likeness (QED) is 0.679. The Morgan fingerprint density at radius 2 is 1.77 bits per heavy atom. The zero-order valence-corrected chi connectivity index (χ0v) is 18.0. The maximum atomic E-state index is 12.7. The minimum atomic E-state index is -0.425.